The molecule has 4 rings (SSSR count). The first kappa shape index (κ1) is 17.1. The summed E-state index contributed by atoms with van der Waals surface area (Å²) in [5.41, 5.74) is 3.84. The number of fused-ring (bicyclic) bond motifs is 1. The lowest BCUT2D eigenvalue weighted by molar-refractivity contribution is 0.258. The molecule has 2 aromatic rings. The van der Waals surface area contributed by atoms with Crippen LogP contribution >= 0.6 is 0 Å². The molecule has 0 spiro atoms. The van der Waals surface area contributed by atoms with Crippen molar-refractivity contribution in [3.05, 3.63) is 60.2 Å². The van der Waals surface area contributed by atoms with Crippen molar-refractivity contribution in [2.24, 2.45) is 4.99 Å². The van der Waals surface area contributed by atoms with Gasteiger partial charge in [-0.3, -0.25) is 9.89 Å². The Morgan fingerprint density at radius 1 is 1.30 bits per heavy atom. The van der Waals surface area contributed by atoms with Crippen LogP contribution in [0.2, 0.25) is 0 Å². The van der Waals surface area contributed by atoms with Gasteiger partial charge < -0.3 is 15.4 Å². The predicted octanol–water partition coefficient (Wildman–Crippen LogP) is 3.52. The molecule has 0 fully saturated rings. The number of carbonyl (C=O) groups is 1. The van der Waals surface area contributed by atoms with Crippen molar-refractivity contribution in [2.75, 3.05) is 30.4 Å². The second-order valence-corrected chi connectivity index (χ2v) is 6.59. The first-order valence-corrected chi connectivity index (χ1v) is 9.03. The topological polar surface area (TPSA) is 66.0 Å². The van der Waals surface area contributed by atoms with E-state index in [4.69, 9.17) is 4.74 Å². The molecule has 2 heterocycles. The number of urea groups is 1. The van der Waals surface area contributed by atoms with Gasteiger partial charge in [0, 0.05) is 30.4 Å². The highest BCUT2D eigenvalue weighted by Crippen LogP contribution is 2.36. The fourth-order valence-electron chi connectivity index (χ4n) is 3.24. The van der Waals surface area contributed by atoms with E-state index in [1.807, 2.05) is 48.5 Å². The molecule has 6 heteroatoms. The number of ether oxygens (including phenoxy) is 1. The van der Waals surface area contributed by atoms with Crippen molar-refractivity contribution in [3.8, 4) is 5.75 Å². The maximum Gasteiger partial charge on any atom is 0.326 e. The Hall–Kier alpha value is -3.28. The highest BCUT2D eigenvalue weighted by molar-refractivity contribution is 6.01. The van der Waals surface area contributed by atoms with Gasteiger partial charge in [-0.2, -0.15) is 0 Å². The molecule has 0 saturated carbocycles. The summed E-state index contributed by atoms with van der Waals surface area (Å²) in [6, 6.07) is 15.3. The number of carbonyl (C=O) groups excluding carboxylic acids is 1. The molecule has 6 nitrogen and oxygen atoms in total. The summed E-state index contributed by atoms with van der Waals surface area (Å²) in [6.45, 7) is 1.41. The number of anilines is 2. The lowest BCUT2D eigenvalue weighted by Crippen LogP contribution is -2.31. The smallest absolute Gasteiger partial charge is 0.326 e. The fourth-order valence-corrected chi connectivity index (χ4v) is 3.24. The predicted molar refractivity (Wildman–Crippen MR) is 109 cm³/mol. The third-order valence-electron chi connectivity index (χ3n) is 4.74. The Bertz CT molecular complexity index is 884. The SMILES string of the molecule is CN(C(=O)Nc1ccccc1)c1ccc2c(c1)/C(=C/C1CN=CN1)CCO2. The van der Waals surface area contributed by atoms with E-state index in [-0.39, 0.29) is 12.1 Å². The monoisotopic (exact) mass is 362 g/mol. The van der Waals surface area contributed by atoms with E-state index in [9.17, 15) is 4.79 Å². The van der Waals surface area contributed by atoms with Crippen LogP contribution in [-0.2, 0) is 0 Å². The van der Waals surface area contributed by atoms with E-state index in [2.05, 4.69) is 21.7 Å². The maximum atomic E-state index is 12.6. The van der Waals surface area contributed by atoms with E-state index < -0.39 is 0 Å². The molecule has 2 aromatic carbocycles. The van der Waals surface area contributed by atoms with Crippen molar-refractivity contribution in [2.45, 2.75) is 12.5 Å². The largest absolute Gasteiger partial charge is 0.493 e. The highest BCUT2D eigenvalue weighted by atomic mass is 16.5. The minimum atomic E-state index is -0.186. The van der Waals surface area contributed by atoms with Gasteiger partial charge in [0.25, 0.3) is 0 Å². The van der Waals surface area contributed by atoms with Crippen LogP contribution in [0, 0.1) is 0 Å². The zero-order valence-corrected chi connectivity index (χ0v) is 15.2. The molecular formula is C21H22N4O2. The van der Waals surface area contributed by atoms with E-state index in [1.54, 1.807) is 18.3 Å². The minimum absolute atomic E-state index is 0.186. The van der Waals surface area contributed by atoms with Crippen molar-refractivity contribution in [1.82, 2.24) is 5.32 Å². The molecule has 2 aliphatic rings. The molecule has 0 saturated heterocycles. The Morgan fingerprint density at radius 3 is 2.93 bits per heavy atom. The summed E-state index contributed by atoms with van der Waals surface area (Å²) in [6.07, 6.45) is 4.80. The summed E-state index contributed by atoms with van der Waals surface area (Å²) < 4.78 is 5.80. The van der Waals surface area contributed by atoms with Gasteiger partial charge in [0.2, 0.25) is 0 Å². The van der Waals surface area contributed by atoms with Crippen LogP contribution in [-0.4, -0.2) is 38.6 Å². The molecular weight excluding hydrogens is 340 g/mol. The van der Waals surface area contributed by atoms with Crippen LogP contribution < -0.4 is 20.3 Å². The normalized spacial score (nSPS) is 19.1. The van der Waals surface area contributed by atoms with Gasteiger partial charge >= 0.3 is 6.03 Å². The Balaban J connectivity index is 1.56. The summed E-state index contributed by atoms with van der Waals surface area (Å²) in [7, 11) is 1.76. The van der Waals surface area contributed by atoms with Gasteiger partial charge in [0.15, 0.2) is 0 Å². The second-order valence-electron chi connectivity index (χ2n) is 6.59. The van der Waals surface area contributed by atoms with Crippen LogP contribution in [0.15, 0.2) is 59.6 Å². The average molecular weight is 362 g/mol. The zero-order valence-electron chi connectivity index (χ0n) is 15.2. The van der Waals surface area contributed by atoms with Gasteiger partial charge in [0.1, 0.15) is 5.75 Å². The van der Waals surface area contributed by atoms with Crippen molar-refractivity contribution >= 4 is 29.3 Å². The number of nitrogens with one attached hydrogen (secondary N) is 2. The van der Waals surface area contributed by atoms with Gasteiger partial charge in [-0.1, -0.05) is 24.3 Å². The number of nitrogens with zero attached hydrogens (tertiary/aromatic N) is 2. The van der Waals surface area contributed by atoms with Crippen LogP contribution in [0.1, 0.15) is 12.0 Å². The van der Waals surface area contributed by atoms with E-state index in [0.29, 0.717) is 6.61 Å². The van der Waals surface area contributed by atoms with Crippen molar-refractivity contribution < 1.29 is 9.53 Å². The molecule has 1 atom stereocenters. The van der Waals surface area contributed by atoms with Crippen molar-refractivity contribution in [3.63, 3.8) is 0 Å². The number of benzene rings is 2. The standard InChI is InChI=1S/C21H22N4O2/c1-25(21(26)24-16-5-3-2-4-6-16)18-7-8-20-19(12-18)15(9-10-27-20)11-17-13-22-14-23-17/h2-8,11-12,14,17H,9-10,13H2,1H3,(H,22,23)(H,24,26)/b15-11+. The van der Waals surface area contributed by atoms with E-state index in [1.165, 1.54) is 5.57 Å². The molecule has 1 unspecified atom stereocenters. The summed E-state index contributed by atoms with van der Waals surface area (Å²) in [5, 5.41) is 6.14. The second kappa shape index (κ2) is 7.53. The molecule has 27 heavy (non-hydrogen) atoms. The van der Waals surface area contributed by atoms with Crippen LogP contribution in [0.4, 0.5) is 16.2 Å². The summed E-state index contributed by atoms with van der Waals surface area (Å²) in [4.78, 5) is 18.4. The minimum Gasteiger partial charge on any atom is -0.493 e. The van der Waals surface area contributed by atoms with E-state index in [0.717, 1.165) is 35.7 Å². The third kappa shape index (κ3) is 3.79. The zero-order chi connectivity index (χ0) is 18.6. The number of para-hydroxylation sites is 1. The lowest BCUT2D eigenvalue weighted by atomic mass is 9.97. The fraction of sp³-hybridized carbons (Fsp3) is 0.238. The average Bonchev–Trinajstić information content (AvgIpc) is 3.21. The first-order chi connectivity index (χ1) is 13.2. The van der Waals surface area contributed by atoms with Crippen LogP contribution in [0.3, 0.4) is 0 Å². The number of amides is 2. The summed E-state index contributed by atoms with van der Waals surface area (Å²) in [5.74, 6) is 0.854. The van der Waals surface area contributed by atoms with E-state index >= 15 is 0 Å². The van der Waals surface area contributed by atoms with Gasteiger partial charge in [0.05, 0.1) is 25.5 Å². The molecule has 0 aliphatic carbocycles. The first-order valence-electron chi connectivity index (χ1n) is 9.03. The van der Waals surface area contributed by atoms with Gasteiger partial charge in [-0.15, -0.1) is 0 Å². The highest BCUT2D eigenvalue weighted by Gasteiger charge is 2.20. The summed E-state index contributed by atoms with van der Waals surface area (Å²) >= 11 is 0. The maximum absolute atomic E-state index is 12.6. The molecule has 2 amide bonds. The Labute approximate surface area is 158 Å². The van der Waals surface area contributed by atoms with Gasteiger partial charge in [-0.05, 0) is 35.9 Å². The lowest BCUT2D eigenvalue weighted by Gasteiger charge is -2.24. The molecule has 2 aliphatic heterocycles. The quantitative estimate of drug-likeness (QED) is 0.878. The Morgan fingerprint density at radius 2 is 2.15 bits per heavy atom. The molecule has 0 aromatic heterocycles. The number of rotatable bonds is 3. The molecule has 2 N–H and O–H groups in total. The van der Waals surface area contributed by atoms with Crippen molar-refractivity contribution in [1.29, 1.82) is 0 Å². The van der Waals surface area contributed by atoms with Crippen LogP contribution in [0.5, 0.6) is 5.75 Å². The molecule has 0 bridgehead atoms. The number of hydrogen-bond acceptors (Lipinski definition) is 4. The Kier molecular flexibility index (Phi) is 4.78. The van der Waals surface area contributed by atoms with Gasteiger partial charge in [-0.25, -0.2) is 4.79 Å². The van der Waals surface area contributed by atoms with Crippen LogP contribution in [0.25, 0.3) is 5.57 Å². The molecule has 138 valence electrons. The molecule has 0 radical (unpaired) electrons. The third-order valence-corrected chi connectivity index (χ3v) is 4.74. The number of hydrogen-bond donors (Lipinski definition) is 2. The number of aliphatic imine (C=N–C) groups is 1.